The Morgan fingerprint density at radius 1 is 1.11 bits per heavy atom. The van der Waals surface area contributed by atoms with Crippen molar-refractivity contribution in [1.82, 2.24) is 14.7 Å². The number of methoxy groups -OCH3 is 2. The molecule has 0 radical (unpaired) electrons. The number of hydrogen-bond acceptors (Lipinski definition) is 7. The number of benzene rings is 1. The number of thiocarbonyl (C=S) groups is 1. The van der Waals surface area contributed by atoms with Gasteiger partial charge in [0.2, 0.25) is 10.0 Å². The Morgan fingerprint density at radius 2 is 1.64 bits per heavy atom. The van der Waals surface area contributed by atoms with Crippen LogP contribution in [0.2, 0.25) is 0 Å². The number of para-hydroxylation sites is 1. The molecule has 0 spiro atoms. The number of sulfonamides is 1. The van der Waals surface area contributed by atoms with Crippen LogP contribution in [0.15, 0.2) is 30.6 Å². The van der Waals surface area contributed by atoms with E-state index in [9.17, 15) is 8.42 Å². The number of ether oxygens (including phenoxy) is 2. The van der Waals surface area contributed by atoms with E-state index in [0.717, 1.165) is 5.56 Å². The monoisotopic (exact) mass is 424 g/mol. The summed E-state index contributed by atoms with van der Waals surface area (Å²) in [5, 5.41) is 1.94. The second-order valence-corrected chi connectivity index (χ2v) is 8.70. The highest BCUT2D eigenvalue weighted by Crippen LogP contribution is 2.34. The molecule has 0 unspecified atom stereocenters. The first-order chi connectivity index (χ1) is 13.2. The molecule has 1 heterocycles. The molecule has 2 rings (SSSR count). The summed E-state index contributed by atoms with van der Waals surface area (Å²) < 4.78 is 38.5. The molecule has 0 fully saturated rings. The van der Waals surface area contributed by atoms with E-state index >= 15 is 0 Å². The Hall–Kier alpha value is -2.46. The van der Waals surface area contributed by atoms with Crippen molar-refractivity contribution in [3.63, 3.8) is 0 Å². The van der Waals surface area contributed by atoms with Crippen LogP contribution in [0, 0.1) is 6.92 Å². The van der Waals surface area contributed by atoms with Gasteiger partial charge in [-0.05, 0) is 43.8 Å². The lowest BCUT2D eigenvalue weighted by Crippen LogP contribution is -2.41. The highest BCUT2D eigenvalue weighted by atomic mass is 32.2. The lowest BCUT2D eigenvalue weighted by molar-refractivity contribution is 0.398. The predicted molar refractivity (Wildman–Crippen MR) is 112 cm³/mol. The van der Waals surface area contributed by atoms with E-state index in [2.05, 4.69) is 20.0 Å². The van der Waals surface area contributed by atoms with Crippen molar-refractivity contribution in [2.75, 3.05) is 19.5 Å². The summed E-state index contributed by atoms with van der Waals surface area (Å²) in [6, 6.07) is 5.17. The van der Waals surface area contributed by atoms with Crippen LogP contribution in [0.4, 0.5) is 5.69 Å². The van der Waals surface area contributed by atoms with Gasteiger partial charge in [-0.3, -0.25) is 4.72 Å². The van der Waals surface area contributed by atoms with Crippen LogP contribution in [-0.2, 0) is 10.0 Å². The summed E-state index contributed by atoms with van der Waals surface area (Å²) in [7, 11) is -0.795. The van der Waals surface area contributed by atoms with Gasteiger partial charge in [-0.25, -0.2) is 18.4 Å². The van der Waals surface area contributed by atoms with Crippen molar-refractivity contribution in [2.45, 2.75) is 31.9 Å². The van der Waals surface area contributed by atoms with Crippen molar-refractivity contribution in [1.29, 1.82) is 0 Å². The van der Waals surface area contributed by atoms with E-state index in [1.54, 1.807) is 44.4 Å². The van der Waals surface area contributed by atoms with E-state index in [0.29, 0.717) is 23.0 Å². The van der Waals surface area contributed by atoms with Gasteiger partial charge in [0.05, 0.1) is 19.5 Å². The zero-order chi connectivity index (χ0) is 20.9. The minimum Gasteiger partial charge on any atom is -0.494 e. The van der Waals surface area contributed by atoms with Gasteiger partial charge in [0, 0.05) is 18.3 Å². The molecule has 8 nitrogen and oxygen atoms in total. The number of anilines is 1. The molecule has 0 aliphatic rings. The van der Waals surface area contributed by atoms with Gasteiger partial charge in [-0.2, -0.15) is 0 Å². The molecule has 0 amide bonds. The van der Waals surface area contributed by atoms with Gasteiger partial charge in [0.1, 0.15) is 23.0 Å². The highest BCUT2D eigenvalue weighted by Gasteiger charge is 2.30. The molecule has 152 valence electrons. The molecule has 28 heavy (non-hydrogen) atoms. The minimum atomic E-state index is -3.79. The Labute approximate surface area is 170 Å². The number of hydrogen-bond donors (Lipinski definition) is 2. The van der Waals surface area contributed by atoms with Gasteiger partial charge in [0.15, 0.2) is 5.11 Å². The van der Waals surface area contributed by atoms with Gasteiger partial charge >= 0.3 is 0 Å². The number of aryl methyl sites for hydroxylation is 1. The first-order valence-corrected chi connectivity index (χ1v) is 10.5. The minimum absolute atomic E-state index is 0.0910. The fourth-order valence-corrected chi connectivity index (χ4v) is 4.06. The number of nitrogens with zero attached hydrogens (tertiary/aromatic N) is 2. The van der Waals surface area contributed by atoms with Crippen LogP contribution in [0.25, 0.3) is 0 Å². The third-order valence-corrected chi connectivity index (χ3v) is 6.51. The normalized spacial score (nSPS) is 13.3. The molecule has 0 aliphatic heterocycles. The molecule has 2 N–H and O–H groups in total. The largest absolute Gasteiger partial charge is 0.494 e. The first-order valence-electron chi connectivity index (χ1n) is 8.51. The molecule has 1 aromatic carbocycles. The summed E-state index contributed by atoms with van der Waals surface area (Å²) in [5.41, 5.74) is 1.34. The molecule has 0 aliphatic carbocycles. The van der Waals surface area contributed by atoms with Crippen LogP contribution in [0.3, 0.4) is 0 Å². The molecule has 1 aromatic heterocycles. The van der Waals surface area contributed by atoms with Crippen LogP contribution < -0.4 is 19.5 Å². The Kier molecular flexibility index (Phi) is 7.14. The second kappa shape index (κ2) is 9.16. The second-order valence-electron chi connectivity index (χ2n) is 6.25. The van der Waals surface area contributed by atoms with E-state index in [4.69, 9.17) is 21.7 Å². The van der Waals surface area contributed by atoms with Crippen molar-refractivity contribution in [3.8, 4) is 11.5 Å². The van der Waals surface area contributed by atoms with Crippen LogP contribution in [-0.4, -0.2) is 43.0 Å². The first kappa shape index (κ1) is 21.8. The third kappa shape index (κ3) is 5.08. The SMILES string of the molecule is COc1cccc(OC)c1NC(=S)NS(=O)(=O)[C@H](C)[C@@H](C)c1ncc(C)cn1. The van der Waals surface area contributed by atoms with Crippen molar-refractivity contribution < 1.29 is 17.9 Å². The van der Waals surface area contributed by atoms with E-state index < -0.39 is 21.2 Å². The fraction of sp³-hybridized carbons (Fsp3) is 0.389. The summed E-state index contributed by atoms with van der Waals surface area (Å²) in [6.07, 6.45) is 3.32. The Bertz CT molecular complexity index is 911. The average Bonchev–Trinajstić information content (AvgIpc) is 2.67. The lowest BCUT2D eigenvalue weighted by Gasteiger charge is -2.21. The number of nitrogens with one attached hydrogen (secondary N) is 2. The molecule has 0 saturated heterocycles. The van der Waals surface area contributed by atoms with Gasteiger partial charge in [0.25, 0.3) is 0 Å². The third-order valence-electron chi connectivity index (χ3n) is 4.30. The van der Waals surface area contributed by atoms with Crippen LogP contribution in [0.5, 0.6) is 11.5 Å². The summed E-state index contributed by atoms with van der Waals surface area (Å²) in [5.74, 6) is 0.959. The predicted octanol–water partition coefficient (Wildman–Crippen LogP) is 2.61. The zero-order valence-electron chi connectivity index (χ0n) is 16.4. The van der Waals surface area contributed by atoms with Gasteiger partial charge in [-0.15, -0.1) is 0 Å². The lowest BCUT2D eigenvalue weighted by atomic mass is 10.1. The highest BCUT2D eigenvalue weighted by molar-refractivity contribution is 7.92. The molecule has 2 aromatic rings. The van der Waals surface area contributed by atoms with Crippen LogP contribution >= 0.6 is 12.2 Å². The average molecular weight is 425 g/mol. The molecule has 0 saturated carbocycles. The Balaban J connectivity index is 2.15. The summed E-state index contributed by atoms with van der Waals surface area (Å²) >= 11 is 5.20. The number of aromatic nitrogens is 2. The summed E-state index contributed by atoms with van der Waals surface area (Å²) in [4.78, 5) is 8.44. The van der Waals surface area contributed by atoms with Crippen molar-refractivity contribution in [3.05, 3.63) is 42.0 Å². The number of rotatable bonds is 7. The topological polar surface area (TPSA) is 102 Å². The maximum atomic E-state index is 12.8. The van der Waals surface area contributed by atoms with Crippen molar-refractivity contribution in [2.24, 2.45) is 0 Å². The van der Waals surface area contributed by atoms with Crippen LogP contribution in [0.1, 0.15) is 31.2 Å². The standard InChI is InChI=1S/C18H24N4O4S2/c1-11-9-19-17(20-10-11)12(2)13(3)28(23,24)22-18(27)21-16-14(25-4)7-6-8-15(16)26-5/h6-10,12-13H,1-5H3,(H2,21,22,27)/t12-,13-/m1/s1. The molecule has 10 heteroatoms. The zero-order valence-corrected chi connectivity index (χ0v) is 18.0. The van der Waals surface area contributed by atoms with E-state index in [1.807, 2.05) is 6.92 Å². The van der Waals surface area contributed by atoms with Gasteiger partial charge < -0.3 is 14.8 Å². The summed E-state index contributed by atoms with van der Waals surface area (Å²) in [6.45, 7) is 5.21. The fourth-order valence-electron chi connectivity index (χ4n) is 2.45. The molecule has 0 bridgehead atoms. The molecular formula is C18H24N4O4S2. The molecular weight excluding hydrogens is 400 g/mol. The molecule has 2 atom stereocenters. The van der Waals surface area contributed by atoms with E-state index in [1.165, 1.54) is 14.2 Å². The maximum Gasteiger partial charge on any atom is 0.237 e. The van der Waals surface area contributed by atoms with E-state index in [-0.39, 0.29) is 5.11 Å². The van der Waals surface area contributed by atoms with Gasteiger partial charge in [-0.1, -0.05) is 13.0 Å². The Morgan fingerprint density at radius 3 is 2.14 bits per heavy atom. The quantitative estimate of drug-likeness (QED) is 0.654. The van der Waals surface area contributed by atoms with Crippen molar-refractivity contribution >= 4 is 33.0 Å². The maximum absolute atomic E-state index is 12.8. The smallest absolute Gasteiger partial charge is 0.237 e.